The Morgan fingerprint density at radius 1 is 1.12 bits per heavy atom. The maximum absolute atomic E-state index is 12.9. The molecule has 0 saturated carbocycles. The second-order valence-electron chi connectivity index (χ2n) is 5.58. The van der Waals surface area contributed by atoms with Crippen LogP contribution in [-0.2, 0) is 21.4 Å². The third kappa shape index (κ3) is 3.32. The number of carbonyl (C=O) groups is 1. The highest BCUT2D eigenvalue weighted by molar-refractivity contribution is 7.89. The molecule has 1 saturated heterocycles. The number of rotatable bonds is 5. The first kappa shape index (κ1) is 16.6. The first-order valence-corrected chi connectivity index (χ1v) is 9.01. The van der Waals surface area contributed by atoms with Crippen LogP contribution in [0.15, 0.2) is 59.5 Å². The highest BCUT2D eigenvalue weighted by Crippen LogP contribution is 2.27. The normalized spacial score (nSPS) is 18.0. The first-order valence-electron chi connectivity index (χ1n) is 7.57. The highest BCUT2D eigenvalue weighted by Gasteiger charge is 2.42. The van der Waals surface area contributed by atoms with Crippen LogP contribution in [-0.4, -0.2) is 31.2 Å². The standard InChI is InChI=1S/C17H17FN2O3S/c18-14-8-6-13(7-9-14)12-19-17(21)16-10-11-20(16)24(22,23)15-4-2-1-3-5-15/h1-9,16H,10-12H2,(H,19,21)/t16-/m1/s1. The predicted octanol–water partition coefficient (Wildman–Crippen LogP) is 1.91. The molecule has 2 aromatic carbocycles. The molecule has 0 aliphatic carbocycles. The fourth-order valence-corrected chi connectivity index (χ4v) is 4.20. The van der Waals surface area contributed by atoms with Crippen LogP contribution in [0.4, 0.5) is 4.39 Å². The number of amides is 1. The summed E-state index contributed by atoms with van der Waals surface area (Å²) in [5.41, 5.74) is 0.751. The van der Waals surface area contributed by atoms with Gasteiger partial charge in [0.05, 0.1) is 4.90 Å². The zero-order valence-corrected chi connectivity index (χ0v) is 13.7. The van der Waals surface area contributed by atoms with Crippen LogP contribution in [0.25, 0.3) is 0 Å². The SMILES string of the molecule is O=C(NCc1ccc(F)cc1)[C@H]1CCN1S(=O)(=O)c1ccccc1. The summed E-state index contributed by atoms with van der Waals surface area (Å²) in [6.07, 6.45) is 0.487. The highest BCUT2D eigenvalue weighted by atomic mass is 32.2. The number of sulfonamides is 1. The van der Waals surface area contributed by atoms with Gasteiger partial charge in [-0.15, -0.1) is 0 Å². The van der Waals surface area contributed by atoms with E-state index >= 15 is 0 Å². The van der Waals surface area contributed by atoms with Crippen molar-refractivity contribution in [1.82, 2.24) is 9.62 Å². The lowest BCUT2D eigenvalue weighted by Gasteiger charge is -2.38. The Morgan fingerprint density at radius 3 is 2.38 bits per heavy atom. The average molecular weight is 348 g/mol. The average Bonchev–Trinajstić information content (AvgIpc) is 2.54. The number of hydrogen-bond acceptors (Lipinski definition) is 3. The second-order valence-corrected chi connectivity index (χ2v) is 7.47. The van der Waals surface area contributed by atoms with Gasteiger partial charge in [0, 0.05) is 13.1 Å². The minimum absolute atomic E-state index is 0.182. The van der Waals surface area contributed by atoms with Crippen molar-refractivity contribution < 1.29 is 17.6 Å². The number of carbonyl (C=O) groups excluding carboxylic acids is 1. The van der Waals surface area contributed by atoms with E-state index in [9.17, 15) is 17.6 Å². The summed E-state index contributed by atoms with van der Waals surface area (Å²) < 4.78 is 39.2. The van der Waals surface area contributed by atoms with Crippen molar-refractivity contribution >= 4 is 15.9 Å². The summed E-state index contributed by atoms with van der Waals surface area (Å²) in [6.45, 7) is 0.556. The van der Waals surface area contributed by atoms with Crippen LogP contribution in [0.2, 0.25) is 0 Å². The fraction of sp³-hybridized carbons (Fsp3) is 0.235. The van der Waals surface area contributed by atoms with Crippen molar-refractivity contribution in [3.8, 4) is 0 Å². The van der Waals surface area contributed by atoms with Gasteiger partial charge in [0.15, 0.2) is 0 Å². The topological polar surface area (TPSA) is 66.5 Å². The summed E-state index contributed by atoms with van der Waals surface area (Å²) in [5.74, 6) is -0.686. The molecule has 1 aliphatic heterocycles. The summed E-state index contributed by atoms with van der Waals surface area (Å²) in [6, 6.07) is 13.2. The van der Waals surface area contributed by atoms with Crippen LogP contribution < -0.4 is 5.32 Å². The third-order valence-electron chi connectivity index (χ3n) is 4.00. The number of nitrogens with one attached hydrogen (secondary N) is 1. The summed E-state index contributed by atoms with van der Waals surface area (Å²) >= 11 is 0. The molecule has 0 spiro atoms. The van der Waals surface area contributed by atoms with E-state index in [0.717, 1.165) is 5.56 Å². The second kappa shape index (κ2) is 6.70. The van der Waals surface area contributed by atoms with Crippen LogP contribution in [0, 0.1) is 5.82 Å². The van der Waals surface area contributed by atoms with Gasteiger partial charge < -0.3 is 5.32 Å². The number of hydrogen-bond donors (Lipinski definition) is 1. The van der Waals surface area contributed by atoms with Gasteiger partial charge in [0.1, 0.15) is 11.9 Å². The molecule has 24 heavy (non-hydrogen) atoms. The maximum atomic E-state index is 12.9. The van der Waals surface area contributed by atoms with Crippen LogP contribution >= 0.6 is 0 Å². The zero-order valence-electron chi connectivity index (χ0n) is 12.9. The molecule has 1 N–H and O–H groups in total. The van der Waals surface area contributed by atoms with Gasteiger partial charge in [0.25, 0.3) is 0 Å². The van der Waals surface area contributed by atoms with Gasteiger partial charge in [-0.2, -0.15) is 4.31 Å². The van der Waals surface area contributed by atoms with Crippen molar-refractivity contribution in [1.29, 1.82) is 0 Å². The van der Waals surface area contributed by atoms with E-state index in [0.29, 0.717) is 13.0 Å². The minimum Gasteiger partial charge on any atom is -0.351 e. The first-order chi connectivity index (χ1) is 11.5. The number of benzene rings is 2. The molecule has 126 valence electrons. The number of nitrogens with zero attached hydrogens (tertiary/aromatic N) is 1. The molecule has 1 amide bonds. The predicted molar refractivity (Wildman–Crippen MR) is 87.0 cm³/mol. The molecule has 7 heteroatoms. The van der Waals surface area contributed by atoms with Crippen molar-refractivity contribution in [3.05, 3.63) is 66.0 Å². The van der Waals surface area contributed by atoms with Crippen molar-refractivity contribution in [2.45, 2.75) is 23.9 Å². The Morgan fingerprint density at radius 2 is 1.79 bits per heavy atom. The van der Waals surface area contributed by atoms with Crippen molar-refractivity contribution in [3.63, 3.8) is 0 Å². The molecular weight excluding hydrogens is 331 g/mol. The van der Waals surface area contributed by atoms with E-state index in [2.05, 4.69) is 5.32 Å². The van der Waals surface area contributed by atoms with Crippen molar-refractivity contribution in [2.24, 2.45) is 0 Å². The lowest BCUT2D eigenvalue weighted by atomic mass is 10.1. The number of halogens is 1. The van der Waals surface area contributed by atoms with E-state index in [1.807, 2.05) is 0 Å². The summed E-state index contributed by atoms with van der Waals surface area (Å²) in [4.78, 5) is 12.4. The molecule has 0 unspecified atom stereocenters. The van der Waals surface area contributed by atoms with Gasteiger partial charge in [-0.1, -0.05) is 30.3 Å². The molecule has 0 bridgehead atoms. The van der Waals surface area contributed by atoms with Gasteiger partial charge in [-0.3, -0.25) is 4.79 Å². The Bertz CT molecular complexity index is 823. The fourth-order valence-electron chi connectivity index (χ4n) is 2.55. The molecule has 3 rings (SSSR count). The van der Waals surface area contributed by atoms with Gasteiger partial charge >= 0.3 is 0 Å². The summed E-state index contributed by atoms with van der Waals surface area (Å²) in [5, 5.41) is 2.71. The Hall–Kier alpha value is -2.25. The Balaban J connectivity index is 1.65. The minimum atomic E-state index is -3.66. The van der Waals surface area contributed by atoms with Crippen LogP contribution in [0.1, 0.15) is 12.0 Å². The van der Waals surface area contributed by atoms with Crippen LogP contribution in [0.3, 0.4) is 0 Å². The molecule has 1 atom stereocenters. The van der Waals surface area contributed by atoms with Gasteiger partial charge in [-0.25, -0.2) is 12.8 Å². The third-order valence-corrected chi connectivity index (χ3v) is 5.93. The van der Waals surface area contributed by atoms with E-state index < -0.39 is 16.1 Å². The Kier molecular flexibility index (Phi) is 4.64. The van der Waals surface area contributed by atoms with E-state index in [1.165, 1.54) is 28.6 Å². The monoisotopic (exact) mass is 348 g/mol. The molecule has 0 aromatic heterocycles. The molecule has 2 aromatic rings. The summed E-state index contributed by atoms with van der Waals surface area (Å²) in [7, 11) is -3.66. The van der Waals surface area contributed by atoms with E-state index in [1.54, 1.807) is 30.3 Å². The van der Waals surface area contributed by atoms with Gasteiger partial charge in [-0.05, 0) is 36.2 Å². The smallest absolute Gasteiger partial charge is 0.243 e. The molecule has 1 aliphatic rings. The molecule has 1 fully saturated rings. The molecule has 1 heterocycles. The van der Waals surface area contributed by atoms with E-state index in [-0.39, 0.29) is 23.2 Å². The lowest BCUT2D eigenvalue weighted by molar-refractivity contribution is -0.127. The zero-order chi connectivity index (χ0) is 17.2. The maximum Gasteiger partial charge on any atom is 0.243 e. The molecular formula is C17H17FN2O3S. The van der Waals surface area contributed by atoms with Gasteiger partial charge in [0.2, 0.25) is 15.9 Å². The Labute approximate surface area is 140 Å². The molecule has 5 nitrogen and oxygen atoms in total. The van der Waals surface area contributed by atoms with Crippen molar-refractivity contribution in [2.75, 3.05) is 6.54 Å². The van der Waals surface area contributed by atoms with Crippen LogP contribution in [0.5, 0.6) is 0 Å². The lowest BCUT2D eigenvalue weighted by Crippen LogP contribution is -2.57. The largest absolute Gasteiger partial charge is 0.351 e. The molecule has 0 radical (unpaired) electrons. The quantitative estimate of drug-likeness (QED) is 0.897. The van der Waals surface area contributed by atoms with E-state index in [4.69, 9.17) is 0 Å².